The van der Waals surface area contributed by atoms with Crippen LogP contribution < -0.4 is 16.0 Å². The van der Waals surface area contributed by atoms with E-state index in [0.717, 1.165) is 17.7 Å². The van der Waals surface area contributed by atoms with Gasteiger partial charge in [-0.15, -0.1) is 0 Å². The second-order valence-electron chi connectivity index (χ2n) is 7.10. The smallest absolute Gasteiger partial charge is 0.264 e. The van der Waals surface area contributed by atoms with Gasteiger partial charge in [-0.1, -0.05) is 22.0 Å². The lowest BCUT2D eigenvalue weighted by atomic mass is 10.0. The Kier molecular flexibility index (Phi) is 7.20. The van der Waals surface area contributed by atoms with Crippen LogP contribution in [0.5, 0.6) is 0 Å². The fourth-order valence-electron chi connectivity index (χ4n) is 3.54. The number of hydrogen-bond donors (Lipinski definition) is 3. The van der Waals surface area contributed by atoms with Crippen LogP contribution in [0, 0.1) is 0 Å². The largest absolute Gasteiger partial charge is 0.384 e. The maximum absolute atomic E-state index is 13.0. The van der Waals surface area contributed by atoms with Crippen LogP contribution in [0.3, 0.4) is 0 Å². The van der Waals surface area contributed by atoms with Crippen molar-refractivity contribution in [2.24, 2.45) is 0 Å². The molecule has 0 aromatic heterocycles. The summed E-state index contributed by atoms with van der Waals surface area (Å²) < 4.78 is 0. The second-order valence-corrected chi connectivity index (χ2v) is 7.89. The first-order valence-electron chi connectivity index (χ1n) is 9.85. The highest BCUT2D eigenvalue weighted by Gasteiger charge is 2.45. The van der Waals surface area contributed by atoms with Gasteiger partial charge in [-0.3, -0.25) is 34.2 Å². The number of halogens is 1. The van der Waals surface area contributed by atoms with Crippen molar-refractivity contribution >= 4 is 51.2 Å². The van der Waals surface area contributed by atoms with Crippen LogP contribution in [-0.4, -0.2) is 58.9 Å². The Labute approximate surface area is 182 Å². The van der Waals surface area contributed by atoms with Crippen molar-refractivity contribution < 1.29 is 24.0 Å². The van der Waals surface area contributed by atoms with Gasteiger partial charge in [0, 0.05) is 36.9 Å². The first-order chi connectivity index (χ1) is 14.4. The lowest BCUT2D eigenvalue weighted by molar-refractivity contribution is -0.136. The Morgan fingerprint density at radius 2 is 1.90 bits per heavy atom. The van der Waals surface area contributed by atoms with E-state index in [4.69, 9.17) is 0 Å². The minimum absolute atomic E-state index is 0.00152. The molecule has 0 bridgehead atoms. The Balaban J connectivity index is 1.60. The highest BCUT2D eigenvalue weighted by molar-refractivity contribution is 9.09. The molecule has 1 atom stereocenters. The summed E-state index contributed by atoms with van der Waals surface area (Å²) in [5.74, 6) is -2.09. The first-order valence-corrected chi connectivity index (χ1v) is 11.0. The van der Waals surface area contributed by atoms with Gasteiger partial charge in [0.25, 0.3) is 11.8 Å². The number of nitrogens with zero attached hydrogens (tertiary/aromatic N) is 1. The van der Waals surface area contributed by atoms with Gasteiger partial charge in [0.2, 0.25) is 17.7 Å². The van der Waals surface area contributed by atoms with Crippen molar-refractivity contribution in [1.29, 1.82) is 0 Å². The van der Waals surface area contributed by atoms with E-state index in [9.17, 15) is 24.0 Å². The lowest BCUT2D eigenvalue weighted by Gasteiger charge is -2.27. The molecular weight excluding hydrogens is 456 g/mol. The molecule has 3 rings (SSSR count). The normalized spacial score (nSPS) is 18.3. The molecule has 0 saturated carbocycles. The summed E-state index contributed by atoms with van der Waals surface area (Å²) in [4.78, 5) is 61.7. The van der Waals surface area contributed by atoms with Crippen LogP contribution in [0.1, 0.15) is 52.8 Å². The fourth-order valence-corrected chi connectivity index (χ4v) is 3.90. The highest BCUT2D eigenvalue weighted by atomic mass is 79.9. The summed E-state index contributed by atoms with van der Waals surface area (Å²) >= 11 is 3.22. The van der Waals surface area contributed by atoms with E-state index in [0.29, 0.717) is 30.5 Å². The van der Waals surface area contributed by atoms with Crippen LogP contribution in [0.15, 0.2) is 18.2 Å². The molecule has 30 heavy (non-hydrogen) atoms. The number of unbranched alkanes of at least 4 members (excludes halogenated alkanes) is 1. The Hall–Kier alpha value is -2.75. The van der Waals surface area contributed by atoms with Gasteiger partial charge >= 0.3 is 0 Å². The zero-order valence-corrected chi connectivity index (χ0v) is 17.9. The summed E-state index contributed by atoms with van der Waals surface area (Å²) in [5.41, 5.74) is 1.03. The van der Waals surface area contributed by atoms with Crippen LogP contribution >= 0.6 is 15.9 Å². The van der Waals surface area contributed by atoms with Crippen LogP contribution in [0.25, 0.3) is 0 Å². The van der Waals surface area contributed by atoms with Crippen molar-refractivity contribution in [2.75, 3.05) is 23.7 Å². The topological polar surface area (TPSA) is 125 Å². The van der Waals surface area contributed by atoms with Crippen LogP contribution in [0.2, 0.25) is 0 Å². The zero-order valence-electron chi connectivity index (χ0n) is 16.3. The van der Waals surface area contributed by atoms with E-state index >= 15 is 0 Å². The maximum Gasteiger partial charge on any atom is 0.264 e. The van der Waals surface area contributed by atoms with Gasteiger partial charge in [0.05, 0.1) is 11.1 Å². The van der Waals surface area contributed by atoms with E-state index in [2.05, 4.69) is 31.9 Å². The molecule has 5 amide bonds. The number of imide groups is 2. The monoisotopic (exact) mass is 478 g/mol. The number of carbonyl (C=O) groups is 5. The summed E-state index contributed by atoms with van der Waals surface area (Å²) in [7, 11) is 0. The third kappa shape index (κ3) is 4.69. The van der Waals surface area contributed by atoms with E-state index < -0.39 is 29.7 Å². The summed E-state index contributed by atoms with van der Waals surface area (Å²) in [6, 6.07) is 3.98. The van der Waals surface area contributed by atoms with Crippen LogP contribution in [-0.2, 0) is 14.4 Å². The molecule has 2 aliphatic heterocycles. The zero-order chi connectivity index (χ0) is 21.7. The predicted octanol–water partition coefficient (Wildman–Crippen LogP) is 1.18. The number of alkyl halides is 1. The molecule has 1 fully saturated rings. The molecule has 3 N–H and O–H groups in total. The van der Waals surface area contributed by atoms with Crippen molar-refractivity contribution in [3.05, 3.63) is 29.3 Å². The highest BCUT2D eigenvalue weighted by Crippen LogP contribution is 2.32. The van der Waals surface area contributed by atoms with E-state index in [-0.39, 0.29) is 29.9 Å². The van der Waals surface area contributed by atoms with Gasteiger partial charge in [-0.2, -0.15) is 0 Å². The number of anilines is 1. The van der Waals surface area contributed by atoms with Crippen molar-refractivity contribution in [2.45, 2.75) is 38.1 Å². The van der Waals surface area contributed by atoms with E-state index in [1.54, 1.807) is 18.2 Å². The first kappa shape index (κ1) is 21.9. The number of amides is 5. The van der Waals surface area contributed by atoms with Crippen molar-refractivity contribution in [3.8, 4) is 0 Å². The lowest BCUT2D eigenvalue weighted by Crippen LogP contribution is -2.54. The molecule has 0 aliphatic carbocycles. The van der Waals surface area contributed by atoms with Gasteiger partial charge in [0.15, 0.2) is 0 Å². The average molecular weight is 479 g/mol. The van der Waals surface area contributed by atoms with Gasteiger partial charge < -0.3 is 10.6 Å². The fraction of sp³-hybridized carbons (Fsp3) is 0.450. The molecule has 0 spiro atoms. The van der Waals surface area contributed by atoms with E-state index in [1.807, 2.05) is 0 Å². The molecule has 2 aliphatic rings. The Bertz CT molecular complexity index is 888. The number of carbonyl (C=O) groups excluding carboxylic acids is 5. The SMILES string of the molecule is O=C(CCBr)NCCCCNc1cccc2c1C(=O)N(C1CCC(=O)NC1=O)C2=O. The number of benzene rings is 1. The summed E-state index contributed by atoms with van der Waals surface area (Å²) in [6.07, 6.45) is 2.18. The molecule has 160 valence electrons. The minimum Gasteiger partial charge on any atom is -0.384 e. The van der Waals surface area contributed by atoms with Gasteiger partial charge in [-0.25, -0.2) is 0 Å². The molecule has 0 radical (unpaired) electrons. The van der Waals surface area contributed by atoms with Gasteiger partial charge in [0.1, 0.15) is 6.04 Å². The Morgan fingerprint density at radius 3 is 2.63 bits per heavy atom. The Morgan fingerprint density at radius 1 is 1.13 bits per heavy atom. The quantitative estimate of drug-likeness (QED) is 0.278. The summed E-state index contributed by atoms with van der Waals surface area (Å²) in [5, 5.41) is 8.81. The molecule has 1 unspecified atom stereocenters. The molecule has 1 aromatic carbocycles. The predicted molar refractivity (Wildman–Crippen MR) is 112 cm³/mol. The second kappa shape index (κ2) is 9.84. The number of rotatable bonds is 9. The van der Waals surface area contributed by atoms with Crippen LogP contribution in [0.4, 0.5) is 5.69 Å². The average Bonchev–Trinajstić information content (AvgIpc) is 2.96. The third-order valence-electron chi connectivity index (χ3n) is 5.03. The summed E-state index contributed by atoms with van der Waals surface area (Å²) in [6.45, 7) is 1.13. The number of nitrogens with one attached hydrogen (secondary N) is 3. The molecule has 1 saturated heterocycles. The minimum atomic E-state index is -0.980. The number of fused-ring (bicyclic) bond motifs is 1. The van der Waals surface area contributed by atoms with Crippen molar-refractivity contribution in [1.82, 2.24) is 15.5 Å². The standard InChI is InChI=1S/C20H23BrN4O5/c21-9-8-15(26)23-11-2-1-10-22-13-5-3-4-12-17(13)20(30)25(19(12)29)14-6-7-16(27)24-18(14)28/h3-5,14,22H,1-2,6-11H2,(H,23,26)(H,24,27,28). The van der Waals surface area contributed by atoms with Crippen molar-refractivity contribution in [3.63, 3.8) is 0 Å². The number of hydrogen-bond acceptors (Lipinski definition) is 6. The molecule has 9 nitrogen and oxygen atoms in total. The third-order valence-corrected chi connectivity index (χ3v) is 5.43. The van der Waals surface area contributed by atoms with E-state index in [1.165, 1.54) is 0 Å². The number of piperidine rings is 1. The molecule has 2 heterocycles. The molecule has 1 aromatic rings. The molecule has 10 heteroatoms. The van der Waals surface area contributed by atoms with Gasteiger partial charge in [-0.05, 0) is 31.4 Å². The molecular formula is C20H23BrN4O5. The maximum atomic E-state index is 13.0.